The quantitative estimate of drug-likeness (QED) is 0.898. The molecule has 0 unspecified atom stereocenters. The summed E-state index contributed by atoms with van der Waals surface area (Å²) in [5.74, 6) is 0.475. The molecule has 0 aromatic heterocycles. The van der Waals surface area contributed by atoms with Crippen LogP contribution in [0.25, 0.3) is 0 Å². The van der Waals surface area contributed by atoms with Crippen molar-refractivity contribution in [2.75, 3.05) is 12.4 Å². The van der Waals surface area contributed by atoms with E-state index in [2.05, 4.69) is 12.2 Å². The van der Waals surface area contributed by atoms with Gasteiger partial charge in [-0.2, -0.15) is 0 Å². The van der Waals surface area contributed by atoms with E-state index in [9.17, 15) is 9.90 Å². The summed E-state index contributed by atoms with van der Waals surface area (Å²) in [7, 11) is 1.51. The van der Waals surface area contributed by atoms with E-state index < -0.39 is 0 Å². The number of rotatable bonds is 4. The van der Waals surface area contributed by atoms with Crippen LogP contribution in [0.2, 0.25) is 0 Å². The summed E-state index contributed by atoms with van der Waals surface area (Å²) in [5.41, 5.74) is 2.30. The van der Waals surface area contributed by atoms with Crippen molar-refractivity contribution in [3.05, 3.63) is 53.6 Å². The van der Waals surface area contributed by atoms with E-state index in [1.165, 1.54) is 7.11 Å². The first kappa shape index (κ1) is 16.2. The maximum atomic E-state index is 13.0. The Morgan fingerprint density at radius 3 is 2.71 bits per heavy atom. The highest BCUT2D eigenvalue weighted by atomic mass is 16.5. The molecule has 5 nitrogen and oxygen atoms in total. The van der Waals surface area contributed by atoms with Gasteiger partial charge in [-0.05, 0) is 43.2 Å². The van der Waals surface area contributed by atoms with Crippen molar-refractivity contribution in [1.29, 1.82) is 0 Å². The van der Waals surface area contributed by atoms with Gasteiger partial charge in [0.15, 0.2) is 11.5 Å². The molecule has 1 heterocycles. The Kier molecular flexibility index (Phi) is 4.34. The molecule has 0 radical (unpaired) electrons. The highest BCUT2D eigenvalue weighted by molar-refractivity contribution is 6.01. The molecule has 5 heteroatoms. The second-order valence-electron chi connectivity index (χ2n) is 5.99. The van der Waals surface area contributed by atoms with E-state index >= 15 is 0 Å². The molecule has 0 fully saturated rings. The van der Waals surface area contributed by atoms with Gasteiger partial charge in [0.05, 0.1) is 12.7 Å². The van der Waals surface area contributed by atoms with Crippen LogP contribution in [0.15, 0.2) is 42.5 Å². The lowest BCUT2D eigenvalue weighted by molar-refractivity contribution is 0.0593. The number of carbonyl (C=O) groups is 1. The fraction of sp³-hybridized carbons (Fsp3) is 0.316. The van der Waals surface area contributed by atoms with Crippen LogP contribution < -0.4 is 10.1 Å². The van der Waals surface area contributed by atoms with Gasteiger partial charge in [-0.1, -0.05) is 25.1 Å². The number of aromatic hydroxyl groups is 1. The van der Waals surface area contributed by atoms with Crippen molar-refractivity contribution in [2.24, 2.45) is 0 Å². The topological polar surface area (TPSA) is 61.8 Å². The molecule has 0 saturated carbocycles. The third-order valence-electron chi connectivity index (χ3n) is 4.55. The van der Waals surface area contributed by atoms with E-state index in [4.69, 9.17) is 4.74 Å². The molecular weight excluding hydrogens is 304 g/mol. The molecule has 2 aromatic rings. The smallest absolute Gasteiger partial charge is 0.258 e. The Bertz CT molecular complexity index is 760. The van der Waals surface area contributed by atoms with Crippen LogP contribution in [0.4, 0.5) is 5.69 Å². The van der Waals surface area contributed by atoms with Gasteiger partial charge in [-0.25, -0.2) is 0 Å². The predicted octanol–water partition coefficient (Wildman–Crippen LogP) is 3.77. The first-order valence-electron chi connectivity index (χ1n) is 8.12. The van der Waals surface area contributed by atoms with Gasteiger partial charge in [0, 0.05) is 11.7 Å². The number of anilines is 1. The van der Waals surface area contributed by atoms with E-state index in [0.29, 0.717) is 11.3 Å². The molecule has 24 heavy (non-hydrogen) atoms. The number of benzene rings is 2. The van der Waals surface area contributed by atoms with Crippen LogP contribution in [0, 0.1) is 0 Å². The van der Waals surface area contributed by atoms with Crippen molar-refractivity contribution in [1.82, 2.24) is 4.90 Å². The number of hydrogen-bond donors (Lipinski definition) is 2. The summed E-state index contributed by atoms with van der Waals surface area (Å²) < 4.78 is 5.11. The number of phenols is 1. The third kappa shape index (κ3) is 2.66. The Labute approximate surface area is 141 Å². The van der Waals surface area contributed by atoms with E-state index in [1.54, 1.807) is 12.1 Å². The summed E-state index contributed by atoms with van der Waals surface area (Å²) >= 11 is 0. The lowest BCUT2D eigenvalue weighted by Gasteiger charge is -2.41. The van der Waals surface area contributed by atoms with Crippen LogP contribution in [0.5, 0.6) is 11.5 Å². The number of methoxy groups -OCH3 is 1. The molecule has 126 valence electrons. The van der Waals surface area contributed by atoms with Crippen LogP contribution in [-0.4, -0.2) is 29.1 Å². The molecule has 3 rings (SSSR count). The predicted molar refractivity (Wildman–Crippen MR) is 93.4 cm³/mol. The second-order valence-corrected chi connectivity index (χ2v) is 5.99. The van der Waals surface area contributed by atoms with Crippen LogP contribution in [0.1, 0.15) is 42.4 Å². The number of fused-ring (bicyclic) bond motifs is 1. The fourth-order valence-electron chi connectivity index (χ4n) is 3.04. The molecule has 0 aliphatic carbocycles. The van der Waals surface area contributed by atoms with Crippen LogP contribution in [-0.2, 0) is 0 Å². The molecular formula is C19H22N2O3. The monoisotopic (exact) mass is 326 g/mol. The molecule has 1 amide bonds. The maximum Gasteiger partial charge on any atom is 0.258 e. The number of para-hydroxylation sites is 1. The summed E-state index contributed by atoms with van der Waals surface area (Å²) in [6, 6.07) is 12.8. The Morgan fingerprint density at radius 1 is 1.29 bits per heavy atom. The average Bonchev–Trinajstić information content (AvgIpc) is 2.61. The molecule has 0 bridgehead atoms. The van der Waals surface area contributed by atoms with Crippen molar-refractivity contribution in [3.8, 4) is 11.5 Å². The largest absolute Gasteiger partial charge is 0.504 e. The zero-order valence-electron chi connectivity index (χ0n) is 14.1. The lowest BCUT2D eigenvalue weighted by atomic mass is 10.0. The molecule has 1 aliphatic heterocycles. The Hall–Kier alpha value is -2.69. The number of hydrogen-bond acceptors (Lipinski definition) is 4. The van der Waals surface area contributed by atoms with Gasteiger partial charge >= 0.3 is 0 Å². The van der Waals surface area contributed by atoms with Crippen molar-refractivity contribution < 1.29 is 14.6 Å². The standard InChI is InChI=1S/C19H22N2O3/c1-4-12(2)21-18(13-9-10-17(24-3)16(22)11-13)20-15-8-6-5-7-14(15)19(21)23/h5-12,18,20,22H,4H2,1-3H3/t12-,18-/m0/s1. The number of amides is 1. The third-order valence-corrected chi connectivity index (χ3v) is 4.55. The first-order valence-corrected chi connectivity index (χ1v) is 8.12. The van der Waals surface area contributed by atoms with Crippen molar-refractivity contribution >= 4 is 11.6 Å². The lowest BCUT2D eigenvalue weighted by Crippen LogP contribution is -2.47. The van der Waals surface area contributed by atoms with Gasteiger partial charge in [-0.15, -0.1) is 0 Å². The van der Waals surface area contributed by atoms with Gasteiger partial charge in [0.1, 0.15) is 6.17 Å². The Morgan fingerprint density at radius 2 is 2.04 bits per heavy atom. The summed E-state index contributed by atoms with van der Waals surface area (Å²) in [4.78, 5) is 14.8. The zero-order chi connectivity index (χ0) is 17.3. The van der Waals surface area contributed by atoms with E-state index in [-0.39, 0.29) is 23.9 Å². The number of nitrogens with one attached hydrogen (secondary N) is 1. The Balaban J connectivity index is 2.07. The highest BCUT2D eigenvalue weighted by Gasteiger charge is 2.35. The highest BCUT2D eigenvalue weighted by Crippen LogP contribution is 2.37. The normalized spacial score (nSPS) is 17.9. The number of nitrogens with zero attached hydrogens (tertiary/aromatic N) is 1. The minimum absolute atomic E-state index is 0.000919. The number of ether oxygens (including phenoxy) is 1. The molecule has 2 atom stereocenters. The molecule has 2 N–H and O–H groups in total. The fourth-order valence-corrected chi connectivity index (χ4v) is 3.04. The zero-order valence-corrected chi connectivity index (χ0v) is 14.1. The van der Waals surface area contributed by atoms with Gasteiger partial charge in [-0.3, -0.25) is 4.79 Å². The molecule has 2 aromatic carbocycles. The molecule has 0 spiro atoms. The van der Waals surface area contributed by atoms with Crippen molar-refractivity contribution in [3.63, 3.8) is 0 Å². The van der Waals surface area contributed by atoms with E-state index in [0.717, 1.165) is 17.7 Å². The minimum Gasteiger partial charge on any atom is -0.504 e. The first-order chi connectivity index (χ1) is 11.6. The summed E-state index contributed by atoms with van der Waals surface area (Å²) in [6.45, 7) is 4.09. The summed E-state index contributed by atoms with van der Waals surface area (Å²) in [6.07, 6.45) is 0.507. The SMILES string of the molecule is CC[C@H](C)N1C(=O)c2ccccc2N[C@@H]1c1ccc(OC)c(O)c1. The number of carbonyl (C=O) groups excluding carboxylic acids is 1. The van der Waals surface area contributed by atoms with Gasteiger partial charge < -0.3 is 20.1 Å². The number of phenolic OH excluding ortho intramolecular Hbond substituents is 1. The maximum absolute atomic E-state index is 13.0. The minimum atomic E-state index is -0.334. The van der Waals surface area contributed by atoms with Crippen LogP contribution >= 0.6 is 0 Å². The molecule has 1 aliphatic rings. The van der Waals surface area contributed by atoms with E-state index in [1.807, 2.05) is 42.2 Å². The molecule has 0 saturated heterocycles. The average molecular weight is 326 g/mol. The summed E-state index contributed by atoms with van der Waals surface area (Å²) in [5, 5.41) is 13.5. The second kappa shape index (κ2) is 6.43. The van der Waals surface area contributed by atoms with Gasteiger partial charge in [0.25, 0.3) is 5.91 Å². The van der Waals surface area contributed by atoms with Crippen LogP contribution in [0.3, 0.4) is 0 Å². The van der Waals surface area contributed by atoms with Crippen molar-refractivity contribution in [2.45, 2.75) is 32.5 Å². The van der Waals surface area contributed by atoms with Gasteiger partial charge in [0.2, 0.25) is 0 Å².